The molecule has 0 bridgehead atoms. The predicted molar refractivity (Wildman–Crippen MR) is 249 cm³/mol. The second-order valence-electron chi connectivity index (χ2n) is 14.5. The number of nitrogens with zero attached hydrogens (tertiary/aromatic N) is 11. The highest BCUT2D eigenvalue weighted by atomic mass is 35.7. The van der Waals surface area contributed by atoms with Crippen molar-refractivity contribution in [3.8, 4) is 0 Å². The van der Waals surface area contributed by atoms with Crippen LogP contribution in [0.5, 0.6) is 0 Å². The highest BCUT2D eigenvalue weighted by Crippen LogP contribution is 2.17. The van der Waals surface area contributed by atoms with Crippen LogP contribution in [0.1, 0.15) is 11.1 Å². The first-order chi connectivity index (χ1) is 30.8. The molecule has 4 N–H and O–H groups in total. The Labute approximate surface area is 383 Å². The van der Waals surface area contributed by atoms with E-state index in [1.165, 1.54) is 64.0 Å². The zero-order valence-corrected chi connectivity index (χ0v) is 40.1. The first-order valence-corrected chi connectivity index (χ1v) is 23.3. The molecule has 0 amide bonds. The van der Waals surface area contributed by atoms with E-state index in [4.69, 9.17) is 28.6 Å². The van der Waals surface area contributed by atoms with Crippen LogP contribution in [0, 0.1) is 4.77 Å². The molecule has 0 aliphatic carbocycles. The summed E-state index contributed by atoms with van der Waals surface area (Å²) in [6.07, 6.45) is 0. The molecular weight excluding hydrogens is 944 g/mol. The fourth-order valence-corrected chi connectivity index (χ4v) is 8.83. The number of sulfonamides is 1. The number of nitrogens with one attached hydrogen (secondary N) is 2. The Morgan fingerprint density at radius 2 is 0.955 bits per heavy atom. The first kappa shape index (κ1) is 50.2. The van der Waals surface area contributed by atoms with Crippen molar-refractivity contribution in [1.29, 1.82) is 0 Å². The molecule has 0 atom stereocenters. The van der Waals surface area contributed by atoms with Crippen molar-refractivity contribution >= 4 is 75.5 Å². The molecule has 0 fully saturated rings. The van der Waals surface area contributed by atoms with Gasteiger partial charge in [0, 0.05) is 87.2 Å². The average Bonchev–Trinajstić information content (AvgIpc) is 3.95. The summed E-state index contributed by atoms with van der Waals surface area (Å²) in [5.74, 6) is 0. The number of aryl methyl sites for hydroxylation is 6. The molecule has 2 aromatic carbocycles. The summed E-state index contributed by atoms with van der Waals surface area (Å²) in [4.78, 5) is 81.9. The molecule has 0 aliphatic rings. The third-order valence-electron chi connectivity index (χ3n) is 10.2. The van der Waals surface area contributed by atoms with Gasteiger partial charge in [-0.05, 0) is 23.3 Å². The number of hydrogen-bond donors (Lipinski definition) is 3. The molecule has 0 saturated heterocycles. The second kappa shape index (κ2) is 19.4. The third kappa shape index (κ3) is 9.60. The van der Waals surface area contributed by atoms with Crippen molar-refractivity contribution in [2.75, 3.05) is 0 Å². The fraction of sp³-hybridized carbons (Fsp3) is 0.289. The number of halogens is 1. The van der Waals surface area contributed by atoms with Crippen LogP contribution in [-0.2, 0) is 95.6 Å². The van der Waals surface area contributed by atoms with E-state index >= 15 is 0 Å². The van der Waals surface area contributed by atoms with Crippen LogP contribution < -0.4 is 44.2 Å². The van der Waals surface area contributed by atoms with Gasteiger partial charge in [0.05, 0.1) is 0 Å². The summed E-state index contributed by atoms with van der Waals surface area (Å²) >= 11 is 5.00. The molecule has 66 heavy (non-hydrogen) atoms. The molecule has 24 nitrogen and oxygen atoms in total. The Bertz CT molecular complexity index is 3840. The molecule has 8 aromatic rings. The van der Waals surface area contributed by atoms with Crippen molar-refractivity contribution in [3.63, 3.8) is 0 Å². The summed E-state index contributed by atoms with van der Waals surface area (Å²) in [7, 11) is 10.1. The van der Waals surface area contributed by atoms with Crippen LogP contribution in [0.3, 0.4) is 0 Å². The molecule has 0 aliphatic heterocycles. The zero-order valence-electron chi connectivity index (χ0n) is 36.9. The summed E-state index contributed by atoms with van der Waals surface area (Å²) in [6.45, 7) is 0.726. The maximum absolute atomic E-state index is 12.6. The quantitative estimate of drug-likeness (QED) is 0.135. The molecule has 0 unspecified atom stereocenters. The van der Waals surface area contributed by atoms with E-state index in [0.29, 0.717) is 22.5 Å². The lowest BCUT2D eigenvalue weighted by molar-refractivity contribution is 0.565. The monoisotopic (exact) mass is 988 g/mol. The molecular formula is C38H45ClN14O10S3. The SMILES string of the molecule is Cn1c(=O)c2c([nH]c(=S)n2C)n(C)c1=O.Cn1c(=O)c2c(nc(S(=O)(=O)Cl)n2C)n(C)c1=O.Cn1c(=O)c2c(nc(S(=O)(=O)NCc3ccccc3)n2C)n(C)c1=O.NCc1ccccc1. The van der Waals surface area contributed by atoms with E-state index in [1.54, 1.807) is 42.9 Å². The van der Waals surface area contributed by atoms with Gasteiger partial charge >= 0.3 is 17.1 Å². The highest BCUT2D eigenvalue weighted by Gasteiger charge is 2.26. The Hall–Kier alpha value is -6.78. The van der Waals surface area contributed by atoms with Crippen molar-refractivity contribution in [2.45, 2.75) is 23.4 Å². The van der Waals surface area contributed by atoms with E-state index in [2.05, 4.69) is 19.7 Å². The topological polar surface area (TPSA) is 295 Å². The van der Waals surface area contributed by atoms with Gasteiger partial charge in [0.25, 0.3) is 35.8 Å². The van der Waals surface area contributed by atoms with E-state index < -0.39 is 46.7 Å². The van der Waals surface area contributed by atoms with Gasteiger partial charge in [-0.3, -0.25) is 41.8 Å². The van der Waals surface area contributed by atoms with Gasteiger partial charge in [-0.2, -0.15) is 9.97 Å². The van der Waals surface area contributed by atoms with Crippen LogP contribution in [0.15, 0.2) is 99.7 Å². The maximum atomic E-state index is 12.6. The summed E-state index contributed by atoms with van der Waals surface area (Å²) in [6, 6.07) is 19.0. The molecule has 6 aromatic heterocycles. The van der Waals surface area contributed by atoms with Crippen LogP contribution in [-0.4, -0.2) is 72.9 Å². The van der Waals surface area contributed by atoms with E-state index in [0.717, 1.165) is 33.0 Å². The second-order valence-corrected chi connectivity index (χ2v) is 19.0. The number of aromatic nitrogens is 12. The molecule has 352 valence electrons. The standard InChI is InChI=1S/C15H17N5O4S.C8H9ClN4O4S.C8H10N4O2S.C7H9N/c1-18-11-12(19(2)15(22)20(3)13(11)21)17-14(18)25(23,24)16-9-10-7-5-4-6-8-10;1-11-4-5(10-7(11)18(9,16)17)12(2)8(15)13(3)6(4)14;1-10-4-5(9-7(10)15)11(2)8(14)12(3)6(4)13;8-6-7-4-2-1-3-5-7/h4-8,16H,9H2,1-3H3;1-3H3;1-3H3,(H,9,15);1-5H,6,8H2. The molecule has 0 radical (unpaired) electrons. The molecule has 0 saturated carbocycles. The Morgan fingerprint density at radius 1 is 0.561 bits per heavy atom. The predicted octanol–water partition coefficient (Wildman–Crippen LogP) is -0.874. The van der Waals surface area contributed by atoms with E-state index in [1.807, 2.05) is 36.4 Å². The average molecular weight is 990 g/mol. The Kier molecular flexibility index (Phi) is 14.7. The lowest BCUT2D eigenvalue weighted by Gasteiger charge is -2.06. The summed E-state index contributed by atoms with van der Waals surface area (Å²) in [5.41, 5.74) is 5.12. The van der Waals surface area contributed by atoms with E-state index in [9.17, 15) is 45.6 Å². The van der Waals surface area contributed by atoms with Crippen molar-refractivity contribution in [1.82, 2.24) is 60.8 Å². The van der Waals surface area contributed by atoms with Gasteiger partial charge in [0.15, 0.2) is 32.6 Å². The van der Waals surface area contributed by atoms with Gasteiger partial charge in [-0.1, -0.05) is 60.7 Å². The summed E-state index contributed by atoms with van der Waals surface area (Å²) in [5, 5.41) is -0.797. The lowest BCUT2D eigenvalue weighted by Crippen LogP contribution is -2.37. The van der Waals surface area contributed by atoms with Crippen molar-refractivity contribution in [3.05, 3.63) is 139 Å². The lowest BCUT2D eigenvalue weighted by atomic mass is 10.2. The minimum Gasteiger partial charge on any atom is -0.326 e. The smallest absolute Gasteiger partial charge is 0.326 e. The Morgan fingerprint density at radius 3 is 1.38 bits per heavy atom. The van der Waals surface area contributed by atoms with Crippen molar-refractivity contribution in [2.24, 2.45) is 69.2 Å². The third-order valence-corrected chi connectivity index (χ3v) is 13.2. The normalized spacial score (nSPS) is 11.5. The van der Waals surface area contributed by atoms with Gasteiger partial charge in [0.1, 0.15) is 5.65 Å². The van der Waals surface area contributed by atoms with Gasteiger partial charge in [-0.15, -0.1) is 0 Å². The molecule has 6 heterocycles. The number of imidazole rings is 3. The maximum Gasteiger partial charge on any atom is 0.332 e. The zero-order chi connectivity index (χ0) is 49.3. The van der Waals surface area contributed by atoms with Gasteiger partial charge in [-0.25, -0.2) is 35.9 Å². The van der Waals surface area contributed by atoms with Gasteiger partial charge < -0.3 is 24.4 Å². The largest absolute Gasteiger partial charge is 0.332 e. The minimum atomic E-state index is -4.09. The number of rotatable bonds is 6. The van der Waals surface area contributed by atoms with Gasteiger partial charge in [0.2, 0.25) is 10.3 Å². The number of aromatic amines is 1. The summed E-state index contributed by atoms with van der Waals surface area (Å²) < 4.78 is 60.9. The Balaban J connectivity index is 0.000000176. The molecule has 8 rings (SSSR count). The fourth-order valence-electron chi connectivity index (χ4n) is 6.47. The van der Waals surface area contributed by atoms with Crippen LogP contribution in [0.25, 0.3) is 33.5 Å². The van der Waals surface area contributed by atoms with Crippen molar-refractivity contribution < 1.29 is 16.8 Å². The number of benzene rings is 2. The number of nitrogens with two attached hydrogens (primary N) is 1. The number of hydrogen-bond acceptors (Lipinski definition) is 14. The highest BCUT2D eigenvalue weighted by molar-refractivity contribution is 8.13. The van der Waals surface area contributed by atoms with E-state index in [-0.39, 0.29) is 45.3 Å². The minimum absolute atomic E-state index is 0.00109. The molecule has 0 spiro atoms. The first-order valence-electron chi connectivity index (χ1n) is 19.1. The van der Waals surface area contributed by atoms with Crippen LogP contribution in [0.4, 0.5) is 0 Å². The molecule has 28 heteroatoms. The number of H-pyrrole nitrogens is 1. The number of fused-ring (bicyclic) bond motifs is 3. The van der Waals surface area contributed by atoms with Crippen LogP contribution >= 0.6 is 22.9 Å². The van der Waals surface area contributed by atoms with Crippen LogP contribution in [0.2, 0.25) is 0 Å².